The lowest BCUT2D eigenvalue weighted by Gasteiger charge is -2.32. The average Bonchev–Trinajstić information content (AvgIpc) is 2.72. The summed E-state index contributed by atoms with van der Waals surface area (Å²) in [7, 11) is 0. The van der Waals surface area contributed by atoms with Crippen molar-refractivity contribution in [3.05, 3.63) is 65.2 Å². The van der Waals surface area contributed by atoms with Crippen LogP contribution in [0.5, 0.6) is 0 Å². The number of alkyl halides is 3. The van der Waals surface area contributed by atoms with E-state index in [2.05, 4.69) is 0 Å². The van der Waals surface area contributed by atoms with E-state index in [-0.39, 0.29) is 23.8 Å². The van der Waals surface area contributed by atoms with E-state index in [1.807, 2.05) is 18.4 Å². The molecule has 148 valence electrons. The van der Waals surface area contributed by atoms with Gasteiger partial charge in [-0.3, -0.25) is 9.59 Å². The molecule has 2 aromatic rings. The Morgan fingerprint density at radius 1 is 1.11 bits per heavy atom. The van der Waals surface area contributed by atoms with Gasteiger partial charge in [-0.1, -0.05) is 24.3 Å². The van der Waals surface area contributed by atoms with Crippen LogP contribution in [0.25, 0.3) is 0 Å². The molecule has 0 unspecified atom stereocenters. The first-order chi connectivity index (χ1) is 13.3. The molecule has 1 heterocycles. The molecular formula is C21H20F3NO2S. The number of benzene rings is 2. The van der Waals surface area contributed by atoms with Crippen molar-refractivity contribution >= 4 is 23.5 Å². The summed E-state index contributed by atoms with van der Waals surface area (Å²) in [5.74, 6) is -0.843. The largest absolute Gasteiger partial charge is 0.416 e. The van der Waals surface area contributed by atoms with Crippen molar-refractivity contribution in [3.63, 3.8) is 0 Å². The third-order valence-corrected chi connectivity index (χ3v) is 5.68. The number of piperidine rings is 1. The van der Waals surface area contributed by atoms with Gasteiger partial charge in [0.1, 0.15) is 0 Å². The summed E-state index contributed by atoms with van der Waals surface area (Å²) in [6, 6.07) is 11.8. The minimum Gasteiger partial charge on any atom is -0.338 e. The van der Waals surface area contributed by atoms with Crippen LogP contribution in [0.4, 0.5) is 13.2 Å². The van der Waals surface area contributed by atoms with Gasteiger partial charge in [-0.15, -0.1) is 11.8 Å². The fourth-order valence-corrected chi connectivity index (χ4v) is 4.06. The van der Waals surface area contributed by atoms with Gasteiger partial charge in [-0.25, -0.2) is 0 Å². The lowest BCUT2D eigenvalue weighted by Crippen LogP contribution is -2.42. The number of ketones is 1. The third-order valence-electron chi connectivity index (χ3n) is 4.89. The molecule has 0 bridgehead atoms. The number of hydrogen-bond donors (Lipinski definition) is 0. The minimum absolute atomic E-state index is 0.00700. The van der Waals surface area contributed by atoms with Gasteiger partial charge in [-0.2, -0.15) is 13.2 Å². The number of Topliss-reactive ketones (excluding diaryl/α,β-unsaturated/α-hetero) is 1. The Bertz CT molecular complexity index is 882. The maximum Gasteiger partial charge on any atom is 0.416 e. The number of halogens is 3. The molecule has 1 atom stereocenters. The molecule has 28 heavy (non-hydrogen) atoms. The molecule has 1 amide bonds. The summed E-state index contributed by atoms with van der Waals surface area (Å²) in [5, 5.41) is 0. The number of thioether (sulfide) groups is 1. The maximum absolute atomic E-state index is 13.0. The summed E-state index contributed by atoms with van der Waals surface area (Å²) in [6.45, 7) is 0.652. The van der Waals surface area contributed by atoms with Crippen LogP contribution in [0.15, 0.2) is 53.4 Å². The average molecular weight is 407 g/mol. The first kappa shape index (κ1) is 20.5. The molecule has 0 aromatic heterocycles. The number of hydrogen-bond acceptors (Lipinski definition) is 3. The molecule has 1 aliphatic rings. The number of amides is 1. The van der Waals surface area contributed by atoms with Crippen molar-refractivity contribution in [2.45, 2.75) is 23.9 Å². The monoisotopic (exact) mass is 407 g/mol. The van der Waals surface area contributed by atoms with Crippen molar-refractivity contribution in [2.75, 3.05) is 19.3 Å². The molecular weight excluding hydrogens is 387 g/mol. The smallest absolute Gasteiger partial charge is 0.338 e. The summed E-state index contributed by atoms with van der Waals surface area (Å²) in [6.07, 6.45) is -1.30. The van der Waals surface area contributed by atoms with Gasteiger partial charge in [0.2, 0.25) is 0 Å². The fourth-order valence-electron chi connectivity index (χ4n) is 3.45. The number of carbonyl (C=O) groups is 2. The second-order valence-electron chi connectivity index (χ2n) is 6.73. The Kier molecular flexibility index (Phi) is 6.13. The molecule has 0 N–H and O–H groups in total. The van der Waals surface area contributed by atoms with Crippen LogP contribution in [0.3, 0.4) is 0 Å². The van der Waals surface area contributed by atoms with Gasteiger partial charge < -0.3 is 4.90 Å². The maximum atomic E-state index is 13.0. The predicted molar refractivity (Wildman–Crippen MR) is 103 cm³/mol. The second kappa shape index (κ2) is 8.39. The van der Waals surface area contributed by atoms with E-state index in [1.165, 1.54) is 28.8 Å². The van der Waals surface area contributed by atoms with Crippen molar-refractivity contribution in [3.8, 4) is 0 Å². The molecule has 7 heteroatoms. The van der Waals surface area contributed by atoms with E-state index in [1.54, 1.807) is 12.1 Å². The van der Waals surface area contributed by atoms with Gasteiger partial charge in [0, 0.05) is 35.0 Å². The van der Waals surface area contributed by atoms with E-state index in [4.69, 9.17) is 0 Å². The Balaban J connectivity index is 1.78. The van der Waals surface area contributed by atoms with Crippen LogP contribution >= 0.6 is 11.8 Å². The van der Waals surface area contributed by atoms with E-state index in [0.29, 0.717) is 24.9 Å². The van der Waals surface area contributed by atoms with E-state index in [0.717, 1.165) is 17.0 Å². The van der Waals surface area contributed by atoms with Crippen molar-refractivity contribution in [1.29, 1.82) is 0 Å². The predicted octanol–water partition coefficient (Wildman–Crippen LogP) is 5.16. The summed E-state index contributed by atoms with van der Waals surface area (Å²) < 4.78 is 38.8. The highest BCUT2D eigenvalue weighted by molar-refractivity contribution is 7.98. The second-order valence-corrected chi connectivity index (χ2v) is 7.58. The quantitative estimate of drug-likeness (QED) is 0.519. The van der Waals surface area contributed by atoms with Crippen molar-refractivity contribution in [1.82, 2.24) is 4.90 Å². The van der Waals surface area contributed by atoms with Crippen LogP contribution < -0.4 is 0 Å². The Morgan fingerprint density at radius 2 is 1.86 bits per heavy atom. The van der Waals surface area contributed by atoms with Gasteiger partial charge in [0.05, 0.1) is 5.56 Å². The lowest BCUT2D eigenvalue weighted by atomic mass is 9.89. The van der Waals surface area contributed by atoms with E-state index >= 15 is 0 Å². The Labute approximate surface area is 165 Å². The van der Waals surface area contributed by atoms with Crippen LogP contribution in [0.1, 0.15) is 39.1 Å². The van der Waals surface area contributed by atoms with Crippen LogP contribution in [-0.2, 0) is 6.18 Å². The third kappa shape index (κ3) is 4.41. The number of carbonyl (C=O) groups excluding carboxylic acids is 2. The molecule has 3 nitrogen and oxygen atoms in total. The Morgan fingerprint density at radius 3 is 2.57 bits per heavy atom. The number of rotatable bonds is 4. The molecule has 1 aliphatic heterocycles. The number of likely N-dealkylation sites (tertiary alicyclic amines) is 1. The van der Waals surface area contributed by atoms with Crippen molar-refractivity contribution < 1.29 is 22.8 Å². The molecule has 2 aromatic carbocycles. The van der Waals surface area contributed by atoms with Crippen LogP contribution in [0, 0.1) is 5.92 Å². The molecule has 0 radical (unpaired) electrons. The highest BCUT2D eigenvalue weighted by atomic mass is 32.2. The fraction of sp³-hybridized carbons (Fsp3) is 0.333. The zero-order valence-corrected chi connectivity index (χ0v) is 16.1. The Hall–Kier alpha value is -2.28. The van der Waals surface area contributed by atoms with Gasteiger partial charge in [0.25, 0.3) is 5.91 Å². The van der Waals surface area contributed by atoms with Crippen LogP contribution in [0.2, 0.25) is 0 Å². The number of nitrogens with zero attached hydrogens (tertiary/aromatic N) is 1. The molecule has 1 saturated heterocycles. The first-order valence-electron chi connectivity index (χ1n) is 8.95. The zero-order chi connectivity index (χ0) is 20.3. The van der Waals surface area contributed by atoms with Crippen molar-refractivity contribution in [2.24, 2.45) is 5.92 Å². The summed E-state index contributed by atoms with van der Waals surface area (Å²) in [5.41, 5.74) is -0.224. The molecule has 3 rings (SSSR count). The standard InChI is InChI=1S/C21H20F3NO2S/c1-28-18-10-3-2-9-17(18)19(26)15-7-5-11-25(13-15)20(27)14-6-4-8-16(12-14)21(22,23)24/h2-4,6,8-10,12,15H,5,7,11,13H2,1H3/t15-/m0/s1. The molecule has 0 aliphatic carbocycles. The molecule has 1 fully saturated rings. The topological polar surface area (TPSA) is 37.4 Å². The van der Waals surface area contributed by atoms with Gasteiger partial charge in [-0.05, 0) is 43.4 Å². The molecule has 0 saturated carbocycles. The lowest BCUT2D eigenvalue weighted by molar-refractivity contribution is -0.137. The highest BCUT2D eigenvalue weighted by Crippen LogP contribution is 2.31. The van der Waals surface area contributed by atoms with E-state index < -0.39 is 17.6 Å². The first-order valence-corrected chi connectivity index (χ1v) is 10.2. The summed E-state index contributed by atoms with van der Waals surface area (Å²) in [4.78, 5) is 28.1. The van der Waals surface area contributed by atoms with E-state index in [9.17, 15) is 22.8 Å². The van der Waals surface area contributed by atoms with Gasteiger partial charge in [0.15, 0.2) is 5.78 Å². The minimum atomic E-state index is -4.50. The van der Waals surface area contributed by atoms with Gasteiger partial charge >= 0.3 is 6.18 Å². The zero-order valence-electron chi connectivity index (χ0n) is 15.3. The normalized spacial score (nSPS) is 17.4. The van der Waals surface area contributed by atoms with Crippen LogP contribution in [-0.4, -0.2) is 35.9 Å². The highest BCUT2D eigenvalue weighted by Gasteiger charge is 2.33. The SMILES string of the molecule is CSc1ccccc1C(=O)[C@H]1CCCN(C(=O)c2cccc(C(F)(F)F)c2)C1. The summed E-state index contributed by atoms with van der Waals surface area (Å²) >= 11 is 1.49. The molecule has 0 spiro atoms.